The van der Waals surface area contributed by atoms with E-state index in [0.29, 0.717) is 16.9 Å². The molecule has 0 atom stereocenters. The summed E-state index contributed by atoms with van der Waals surface area (Å²) in [4.78, 5) is 11.0. The summed E-state index contributed by atoms with van der Waals surface area (Å²) in [6.45, 7) is -0.454. The van der Waals surface area contributed by atoms with Crippen LogP contribution in [0, 0.1) is 0 Å². The highest BCUT2D eigenvalue weighted by molar-refractivity contribution is 5.84. The van der Waals surface area contributed by atoms with Gasteiger partial charge in [0.25, 0.3) is 0 Å². The van der Waals surface area contributed by atoms with Gasteiger partial charge in [-0.05, 0) is 23.3 Å². The number of phenolic OH excluding ortho intramolecular Hbond substituents is 1. The quantitative estimate of drug-likeness (QED) is 0.740. The van der Waals surface area contributed by atoms with Crippen molar-refractivity contribution in [2.24, 2.45) is 0 Å². The second-order valence-corrected chi connectivity index (χ2v) is 5.28. The van der Waals surface area contributed by atoms with Crippen molar-refractivity contribution in [3.8, 4) is 33.8 Å². The molecule has 0 aromatic heterocycles. The number of carbonyl (C=O) groups is 1. The van der Waals surface area contributed by atoms with Gasteiger partial charge < -0.3 is 14.9 Å². The Bertz CT molecular complexity index is 782. The fraction of sp³-hybridized carbons (Fsp3) is 0.0500. The molecule has 3 rings (SSSR count). The number of phenols is 1. The Morgan fingerprint density at radius 3 is 1.71 bits per heavy atom. The second kappa shape index (κ2) is 6.87. The third-order valence-electron chi connectivity index (χ3n) is 3.58. The van der Waals surface area contributed by atoms with Gasteiger partial charge in [-0.1, -0.05) is 60.7 Å². The fourth-order valence-corrected chi connectivity index (χ4v) is 2.57. The highest BCUT2D eigenvalue weighted by atomic mass is 16.5. The van der Waals surface area contributed by atoms with Crippen molar-refractivity contribution >= 4 is 5.97 Å². The van der Waals surface area contributed by atoms with Gasteiger partial charge >= 0.3 is 5.97 Å². The van der Waals surface area contributed by atoms with Gasteiger partial charge in [-0.25, -0.2) is 4.79 Å². The molecule has 0 bridgehead atoms. The lowest BCUT2D eigenvalue weighted by Gasteiger charge is -2.16. The first-order valence-electron chi connectivity index (χ1n) is 7.47. The molecule has 3 aromatic carbocycles. The van der Waals surface area contributed by atoms with Crippen LogP contribution in [0.3, 0.4) is 0 Å². The van der Waals surface area contributed by atoms with Crippen molar-refractivity contribution in [3.63, 3.8) is 0 Å². The summed E-state index contributed by atoms with van der Waals surface area (Å²) >= 11 is 0. The summed E-state index contributed by atoms with van der Waals surface area (Å²) < 4.78 is 5.58. The van der Waals surface area contributed by atoms with Gasteiger partial charge in [0.05, 0.1) is 0 Å². The Hall–Kier alpha value is -3.27. The number of hydrogen-bond donors (Lipinski definition) is 2. The van der Waals surface area contributed by atoms with E-state index in [1.807, 2.05) is 60.7 Å². The number of aliphatic carboxylic acids is 1. The number of carboxylic acids is 1. The predicted molar refractivity (Wildman–Crippen MR) is 92.1 cm³/mol. The molecule has 0 saturated carbocycles. The summed E-state index contributed by atoms with van der Waals surface area (Å²) in [6.07, 6.45) is 0. The Labute approximate surface area is 139 Å². The van der Waals surface area contributed by atoms with Gasteiger partial charge in [0, 0.05) is 11.1 Å². The first-order valence-corrected chi connectivity index (χ1v) is 7.47. The maximum Gasteiger partial charge on any atom is 0.341 e. The van der Waals surface area contributed by atoms with Crippen molar-refractivity contribution in [1.29, 1.82) is 0 Å². The summed E-state index contributed by atoms with van der Waals surface area (Å²) in [5.41, 5.74) is 2.98. The van der Waals surface area contributed by atoms with Crippen molar-refractivity contribution in [3.05, 3.63) is 72.8 Å². The Balaban J connectivity index is 2.21. The van der Waals surface area contributed by atoms with Gasteiger partial charge in [0.1, 0.15) is 11.5 Å². The third-order valence-corrected chi connectivity index (χ3v) is 3.58. The molecule has 0 radical (unpaired) electrons. The lowest BCUT2D eigenvalue weighted by Crippen LogP contribution is -2.10. The zero-order valence-corrected chi connectivity index (χ0v) is 12.8. The van der Waals surface area contributed by atoms with E-state index in [0.717, 1.165) is 11.1 Å². The molecule has 0 aliphatic heterocycles. The maximum atomic E-state index is 11.0. The molecular formula is C20H16O4. The maximum absolute atomic E-state index is 11.0. The molecule has 2 N–H and O–H groups in total. The first-order chi connectivity index (χ1) is 11.6. The number of rotatable bonds is 5. The third kappa shape index (κ3) is 3.38. The zero-order chi connectivity index (χ0) is 16.9. The van der Waals surface area contributed by atoms with Gasteiger partial charge in [-0.2, -0.15) is 0 Å². The Morgan fingerprint density at radius 2 is 1.29 bits per heavy atom. The van der Waals surface area contributed by atoms with E-state index in [-0.39, 0.29) is 5.75 Å². The molecule has 4 heteroatoms. The van der Waals surface area contributed by atoms with Crippen LogP contribution in [0.1, 0.15) is 0 Å². The zero-order valence-electron chi connectivity index (χ0n) is 12.8. The van der Waals surface area contributed by atoms with E-state index in [9.17, 15) is 9.90 Å². The van der Waals surface area contributed by atoms with Crippen molar-refractivity contribution in [2.45, 2.75) is 0 Å². The lowest BCUT2D eigenvalue weighted by molar-refractivity contribution is -0.139. The number of hydrogen-bond acceptors (Lipinski definition) is 3. The monoisotopic (exact) mass is 320 g/mol. The van der Waals surface area contributed by atoms with E-state index in [2.05, 4.69) is 0 Å². The topological polar surface area (TPSA) is 66.8 Å². The molecule has 0 heterocycles. The van der Waals surface area contributed by atoms with E-state index < -0.39 is 12.6 Å². The van der Waals surface area contributed by atoms with Crippen molar-refractivity contribution in [2.75, 3.05) is 6.61 Å². The molecule has 4 nitrogen and oxygen atoms in total. The number of aromatic hydroxyl groups is 1. The van der Waals surface area contributed by atoms with Crippen LogP contribution in [-0.4, -0.2) is 22.8 Å². The van der Waals surface area contributed by atoms with E-state index in [4.69, 9.17) is 9.84 Å². The van der Waals surface area contributed by atoms with E-state index in [1.54, 1.807) is 12.1 Å². The highest BCUT2D eigenvalue weighted by Gasteiger charge is 2.16. The smallest absolute Gasteiger partial charge is 0.341 e. The minimum atomic E-state index is -1.05. The lowest BCUT2D eigenvalue weighted by atomic mass is 9.96. The van der Waals surface area contributed by atoms with Crippen LogP contribution < -0.4 is 4.74 Å². The van der Waals surface area contributed by atoms with Gasteiger partial charge in [-0.3, -0.25) is 0 Å². The molecular weight excluding hydrogens is 304 g/mol. The van der Waals surface area contributed by atoms with E-state index >= 15 is 0 Å². The van der Waals surface area contributed by atoms with Gasteiger partial charge in [0.15, 0.2) is 6.61 Å². The van der Waals surface area contributed by atoms with Crippen LogP contribution in [0.25, 0.3) is 22.3 Å². The van der Waals surface area contributed by atoms with Crippen LogP contribution in [-0.2, 0) is 4.79 Å². The minimum Gasteiger partial charge on any atom is -0.508 e. The standard InChI is InChI=1S/C20H16O4/c21-16-11-17(14-7-3-1-4-8-14)20(24-13-19(22)23)18(12-16)15-9-5-2-6-10-15/h1-12,21H,13H2,(H,22,23). The Kier molecular flexibility index (Phi) is 4.47. The van der Waals surface area contributed by atoms with Crippen LogP contribution in [0.2, 0.25) is 0 Å². The van der Waals surface area contributed by atoms with Crippen LogP contribution in [0.15, 0.2) is 72.8 Å². The summed E-state index contributed by atoms with van der Waals surface area (Å²) in [6, 6.07) is 22.0. The molecule has 0 saturated heterocycles. The SMILES string of the molecule is O=C(O)COc1c(-c2ccccc2)cc(O)cc1-c1ccccc1. The van der Waals surface area contributed by atoms with Crippen LogP contribution >= 0.6 is 0 Å². The van der Waals surface area contributed by atoms with Crippen LogP contribution in [0.5, 0.6) is 11.5 Å². The molecule has 0 aliphatic rings. The second-order valence-electron chi connectivity index (χ2n) is 5.28. The molecule has 120 valence electrons. The number of benzene rings is 3. The van der Waals surface area contributed by atoms with Crippen molar-refractivity contribution in [1.82, 2.24) is 0 Å². The number of carboxylic acid groups (broad SMARTS) is 1. The summed E-state index contributed by atoms with van der Waals surface area (Å²) in [5.74, 6) is -0.524. The average Bonchev–Trinajstić information content (AvgIpc) is 2.61. The minimum absolute atomic E-state index is 0.0929. The first kappa shape index (κ1) is 15.6. The largest absolute Gasteiger partial charge is 0.508 e. The average molecular weight is 320 g/mol. The van der Waals surface area contributed by atoms with Crippen LogP contribution in [0.4, 0.5) is 0 Å². The molecule has 0 fully saturated rings. The fourth-order valence-electron chi connectivity index (χ4n) is 2.57. The van der Waals surface area contributed by atoms with Gasteiger partial charge in [-0.15, -0.1) is 0 Å². The molecule has 0 amide bonds. The molecule has 0 aliphatic carbocycles. The summed E-state index contributed by atoms with van der Waals surface area (Å²) in [7, 11) is 0. The molecule has 24 heavy (non-hydrogen) atoms. The Morgan fingerprint density at radius 1 is 0.833 bits per heavy atom. The normalized spacial score (nSPS) is 10.3. The predicted octanol–water partition coefficient (Wildman–Crippen LogP) is 4.19. The molecule has 0 spiro atoms. The summed E-state index contributed by atoms with van der Waals surface area (Å²) in [5, 5.41) is 19.1. The molecule has 0 unspecified atom stereocenters. The highest BCUT2D eigenvalue weighted by Crippen LogP contribution is 2.42. The number of ether oxygens (including phenoxy) is 1. The van der Waals surface area contributed by atoms with E-state index in [1.165, 1.54) is 0 Å². The molecule has 3 aromatic rings. The van der Waals surface area contributed by atoms with Crippen molar-refractivity contribution < 1.29 is 19.7 Å². The van der Waals surface area contributed by atoms with Gasteiger partial charge in [0.2, 0.25) is 0 Å².